The number of halogens is 1. The lowest BCUT2D eigenvalue weighted by Gasteiger charge is -2.09. The van der Waals surface area contributed by atoms with Crippen LogP contribution in [0.2, 0.25) is 0 Å². The number of hydrogen-bond acceptors (Lipinski definition) is 2. The third-order valence-electron chi connectivity index (χ3n) is 2.21. The van der Waals surface area contributed by atoms with Gasteiger partial charge in [0.2, 0.25) is 0 Å². The van der Waals surface area contributed by atoms with Gasteiger partial charge in [0, 0.05) is 6.42 Å². The van der Waals surface area contributed by atoms with E-state index in [0.717, 1.165) is 11.3 Å². The molecule has 0 aliphatic heterocycles. The molecule has 0 aliphatic carbocycles. The van der Waals surface area contributed by atoms with Crippen molar-refractivity contribution in [1.29, 1.82) is 0 Å². The van der Waals surface area contributed by atoms with Gasteiger partial charge in [0.05, 0.1) is 12.5 Å². The number of ketones is 1. The molecule has 1 unspecified atom stereocenters. The second-order valence-corrected chi connectivity index (χ2v) is 4.01. The Balaban J connectivity index is 2.64. The molecule has 2 nitrogen and oxygen atoms in total. The average Bonchev–Trinajstić information content (AvgIpc) is 2.26. The van der Waals surface area contributed by atoms with Crippen LogP contribution in [0.3, 0.4) is 0 Å². The minimum atomic E-state index is -0.121. The molecule has 0 amide bonds. The Hall–Kier alpha value is -1.02. The van der Waals surface area contributed by atoms with Crippen LogP contribution in [-0.2, 0) is 4.79 Å². The van der Waals surface area contributed by atoms with E-state index in [4.69, 9.17) is 16.3 Å². The van der Waals surface area contributed by atoms with Crippen LogP contribution in [0.5, 0.6) is 5.75 Å². The van der Waals surface area contributed by atoms with Gasteiger partial charge in [0.1, 0.15) is 11.5 Å². The summed E-state index contributed by atoms with van der Waals surface area (Å²) >= 11 is 6.17. The van der Waals surface area contributed by atoms with Crippen LogP contribution in [0.1, 0.15) is 30.7 Å². The quantitative estimate of drug-likeness (QED) is 0.720. The maximum absolute atomic E-state index is 10.8. The molecule has 0 saturated carbocycles. The first kappa shape index (κ1) is 12.1. The molecule has 0 fully saturated rings. The van der Waals surface area contributed by atoms with Crippen LogP contribution in [0.4, 0.5) is 0 Å². The van der Waals surface area contributed by atoms with Crippen molar-refractivity contribution in [3.63, 3.8) is 0 Å². The van der Waals surface area contributed by atoms with Crippen LogP contribution in [-0.4, -0.2) is 12.9 Å². The number of methoxy groups -OCH3 is 1. The lowest BCUT2D eigenvalue weighted by atomic mass is 10.1. The van der Waals surface area contributed by atoms with Crippen molar-refractivity contribution < 1.29 is 9.53 Å². The molecule has 1 rings (SSSR count). The number of rotatable bonds is 5. The van der Waals surface area contributed by atoms with Gasteiger partial charge in [-0.15, -0.1) is 11.6 Å². The number of carbonyl (C=O) groups excluding carboxylic acids is 1. The second kappa shape index (κ2) is 5.76. The van der Waals surface area contributed by atoms with E-state index in [0.29, 0.717) is 12.8 Å². The van der Waals surface area contributed by atoms with E-state index in [9.17, 15) is 4.79 Å². The monoisotopic (exact) mass is 226 g/mol. The molecule has 3 heteroatoms. The van der Waals surface area contributed by atoms with Gasteiger partial charge in [0.15, 0.2) is 0 Å². The van der Waals surface area contributed by atoms with Crippen molar-refractivity contribution >= 4 is 17.4 Å². The summed E-state index contributed by atoms with van der Waals surface area (Å²) < 4.78 is 5.11. The predicted octanol–water partition coefficient (Wildman–Crippen LogP) is 3.34. The zero-order valence-electron chi connectivity index (χ0n) is 9.00. The van der Waals surface area contributed by atoms with Gasteiger partial charge in [-0.05, 0) is 31.0 Å². The van der Waals surface area contributed by atoms with Gasteiger partial charge in [-0.25, -0.2) is 0 Å². The third kappa shape index (κ3) is 3.92. The van der Waals surface area contributed by atoms with Gasteiger partial charge in [-0.1, -0.05) is 12.1 Å². The molecule has 1 aromatic carbocycles. The average molecular weight is 227 g/mol. The summed E-state index contributed by atoms with van der Waals surface area (Å²) in [4.78, 5) is 10.8. The minimum Gasteiger partial charge on any atom is -0.497 e. The molecule has 0 heterocycles. The fraction of sp³-hybridized carbons (Fsp3) is 0.417. The highest BCUT2D eigenvalue weighted by Gasteiger charge is 2.09. The van der Waals surface area contributed by atoms with Crippen molar-refractivity contribution in [3.8, 4) is 5.75 Å². The zero-order chi connectivity index (χ0) is 11.3. The lowest BCUT2D eigenvalue weighted by Crippen LogP contribution is -1.96. The van der Waals surface area contributed by atoms with Crippen LogP contribution in [0.25, 0.3) is 0 Å². The van der Waals surface area contributed by atoms with E-state index in [-0.39, 0.29) is 11.2 Å². The maximum Gasteiger partial charge on any atom is 0.129 e. The molecule has 1 aromatic rings. The topological polar surface area (TPSA) is 26.3 Å². The largest absolute Gasteiger partial charge is 0.497 e. The molecule has 0 bridgehead atoms. The zero-order valence-corrected chi connectivity index (χ0v) is 9.75. The summed E-state index contributed by atoms with van der Waals surface area (Å²) in [6.45, 7) is 1.58. The molecule has 0 aliphatic rings. The van der Waals surface area contributed by atoms with Crippen molar-refractivity contribution in [2.45, 2.75) is 25.1 Å². The summed E-state index contributed by atoms with van der Waals surface area (Å²) in [5.41, 5.74) is 0.997. The van der Waals surface area contributed by atoms with E-state index in [1.54, 1.807) is 14.0 Å². The molecule has 15 heavy (non-hydrogen) atoms. The van der Waals surface area contributed by atoms with E-state index in [2.05, 4.69) is 0 Å². The first-order valence-corrected chi connectivity index (χ1v) is 5.34. The highest BCUT2D eigenvalue weighted by Crippen LogP contribution is 2.28. The first-order chi connectivity index (χ1) is 7.13. The molecule has 1 atom stereocenters. The number of benzene rings is 1. The Morgan fingerprint density at radius 2 is 2.27 bits per heavy atom. The highest BCUT2D eigenvalue weighted by atomic mass is 35.5. The van der Waals surface area contributed by atoms with Crippen molar-refractivity contribution in [3.05, 3.63) is 29.8 Å². The van der Waals surface area contributed by atoms with Crippen molar-refractivity contribution in [1.82, 2.24) is 0 Å². The number of ether oxygens (including phenoxy) is 1. The van der Waals surface area contributed by atoms with E-state index in [1.165, 1.54) is 0 Å². The molecule has 0 N–H and O–H groups in total. The van der Waals surface area contributed by atoms with Gasteiger partial charge in [-0.3, -0.25) is 0 Å². The Bertz CT molecular complexity index is 336. The van der Waals surface area contributed by atoms with Gasteiger partial charge in [-0.2, -0.15) is 0 Å². The van der Waals surface area contributed by atoms with Crippen LogP contribution in [0, 0.1) is 0 Å². The Kier molecular flexibility index (Phi) is 4.63. The van der Waals surface area contributed by atoms with Crippen LogP contribution < -0.4 is 4.74 Å². The second-order valence-electron chi connectivity index (χ2n) is 3.48. The van der Waals surface area contributed by atoms with E-state index < -0.39 is 0 Å². The molecule has 0 radical (unpaired) electrons. The van der Waals surface area contributed by atoms with E-state index >= 15 is 0 Å². The standard InChI is InChI=1S/C12H15ClO2/c1-9(14)6-7-12(13)10-4-3-5-11(8-10)15-2/h3-5,8,12H,6-7H2,1-2H3. The van der Waals surface area contributed by atoms with E-state index in [1.807, 2.05) is 24.3 Å². The minimum absolute atomic E-state index is 0.121. The van der Waals surface area contributed by atoms with Crippen LogP contribution >= 0.6 is 11.6 Å². The number of hydrogen-bond donors (Lipinski definition) is 0. The van der Waals surface area contributed by atoms with Crippen molar-refractivity contribution in [2.24, 2.45) is 0 Å². The predicted molar refractivity (Wildman–Crippen MR) is 61.5 cm³/mol. The normalized spacial score (nSPS) is 12.2. The summed E-state index contributed by atoms with van der Waals surface area (Å²) in [6.07, 6.45) is 1.19. The smallest absolute Gasteiger partial charge is 0.129 e. The first-order valence-electron chi connectivity index (χ1n) is 4.91. The number of alkyl halides is 1. The third-order valence-corrected chi connectivity index (χ3v) is 2.68. The molecule has 0 aromatic heterocycles. The molecule has 82 valence electrons. The fourth-order valence-electron chi connectivity index (χ4n) is 1.33. The summed E-state index contributed by atoms with van der Waals surface area (Å²) in [5.74, 6) is 0.963. The van der Waals surface area contributed by atoms with Gasteiger partial charge < -0.3 is 9.53 Å². The fourth-order valence-corrected chi connectivity index (χ4v) is 1.58. The Morgan fingerprint density at radius 1 is 1.53 bits per heavy atom. The SMILES string of the molecule is COc1cccc(C(Cl)CCC(C)=O)c1. The maximum atomic E-state index is 10.8. The van der Waals surface area contributed by atoms with Gasteiger partial charge in [0.25, 0.3) is 0 Å². The van der Waals surface area contributed by atoms with Crippen molar-refractivity contribution in [2.75, 3.05) is 7.11 Å². The molecule has 0 saturated heterocycles. The number of carbonyl (C=O) groups is 1. The lowest BCUT2D eigenvalue weighted by molar-refractivity contribution is -0.117. The van der Waals surface area contributed by atoms with Gasteiger partial charge >= 0.3 is 0 Å². The highest BCUT2D eigenvalue weighted by molar-refractivity contribution is 6.20. The van der Waals surface area contributed by atoms with Crippen LogP contribution in [0.15, 0.2) is 24.3 Å². The number of Topliss-reactive ketones (excluding diaryl/α,β-unsaturated/α-hetero) is 1. The Morgan fingerprint density at radius 3 is 2.87 bits per heavy atom. The summed E-state index contributed by atoms with van der Waals surface area (Å²) in [5, 5.41) is -0.121. The summed E-state index contributed by atoms with van der Waals surface area (Å²) in [6, 6.07) is 7.62. The molecular formula is C12H15ClO2. The molecular weight excluding hydrogens is 212 g/mol. The summed E-state index contributed by atoms with van der Waals surface area (Å²) in [7, 11) is 1.62. The molecule has 0 spiro atoms. The Labute approximate surface area is 95.2 Å².